The summed E-state index contributed by atoms with van der Waals surface area (Å²) >= 11 is 1.33. The summed E-state index contributed by atoms with van der Waals surface area (Å²) in [6.07, 6.45) is 5.89. The Labute approximate surface area is 179 Å². The number of hydrogen-bond donors (Lipinski definition) is 2. The lowest BCUT2D eigenvalue weighted by atomic mass is 9.95. The molecule has 0 spiro atoms. The lowest BCUT2D eigenvalue weighted by Crippen LogP contribution is -2.23. The van der Waals surface area contributed by atoms with Crippen molar-refractivity contribution in [1.82, 2.24) is 9.38 Å². The van der Waals surface area contributed by atoms with E-state index in [1.165, 1.54) is 37.7 Å². The number of carbonyl (C=O) groups excluding carboxylic acids is 1. The number of aromatic hydroxyl groups is 1. The molecule has 0 bridgehead atoms. The van der Waals surface area contributed by atoms with Crippen LogP contribution in [0.15, 0.2) is 18.2 Å². The Kier molecular flexibility index (Phi) is 5.85. The number of rotatable bonds is 6. The molecule has 4 rings (SSSR count). The number of nitrogens with one attached hydrogen (secondary N) is 1. The number of esters is 1. The fraction of sp³-hybridized carbons (Fsp3) is 0.455. The highest BCUT2D eigenvalue weighted by Crippen LogP contribution is 2.39. The number of benzene rings is 1. The van der Waals surface area contributed by atoms with E-state index in [4.69, 9.17) is 14.5 Å². The number of carbonyl (C=O) groups is 1. The van der Waals surface area contributed by atoms with Crippen LogP contribution in [0.2, 0.25) is 0 Å². The molecule has 0 aliphatic heterocycles. The second kappa shape index (κ2) is 8.55. The molecule has 1 fully saturated rings. The first-order valence-corrected chi connectivity index (χ1v) is 11.2. The van der Waals surface area contributed by atoms with E-state index in [0.29, 0.717) is 23.3 Å². The van der Waals surface area contributed by atoms with Gasteiger partial charge in [-0.2, -0.15) is 0 Å². The van der Waals surface area contributed by atoms with E-state index in [9.17, 15) is 9.90 Å². The van der Waals surface area contributed by atoms with Crippen molar-refractivity contribution in [3.05, 3.63) is 28.8 Å². The van der Waals surface area contributed by atoms with Gasteiger partial charge in [0.25, 0.3) is 0 Å². The lowest BCUT2D eigenvalue weighted by molar-refractivity contribution is 0.0531. The highest BCUT2D eigenvalue weighted by atomic mass is 32.1. The van der Waals surface area contributed by atoms with E-state index in [1.807, 2.05) is 17.4 Å². The molecule has 2 aromatic heterocycles. The van der Waals surface area contributed by atoms with Crippen LogP contribution < -0.4 is 10.1 Å². The van der Waals surface area contributed by atoms with Crippen LogP contribution in [0.1, 0.15) is 54.4 Å². The number of anilines is 1. The quantitative estimate of drug-likeness (QED) is 0.536. The predicted octanol–water partition coefficient (Wildman–Crippen LogP) is 5.01. The largest absolute Gasteiger partial charge is 0.504 e. The van der Waals surface area contributed by atoms with Gasteiger partial charge in [-0.1, -0.05) is 30.6 Å². The number of hydrogen-bond acceptors (Lipinski definition) is 7. The number of phenols is 1. The van der Waals surface area contributed by atoms with Gasteiger partial charge in [0, 0.05) is 17.3 Å². The summed E-state index contributed by atoms with van der Waals surface area (Å²) in [6, 6.07) is 5.64. The van der Waals surface area contributed by atoms with Crippen molar-refractivity contribution in [1.29, 1.82) is 0 Å². The lowest BCUT2D eigenvalue weighted by Gasteiger charge is -2.24. The van der Waals surface area contributed by atoms with Crippen LogP contribution in [0.25, 0.3) is 16.2 Å². The van der Waals surface area contributed by atoms with E-state index in [2.05, 4.69) is 5.32 Å². The number of ether oxygens (including phenoxy) is 2. The average Bonchev–Trinajstić information content (AvgIpc) is 3.26. The number of nitrogens with zero attached hydrogens (tertiary/aromatic N) is 2. The van der Waals surface area contributed by atoms with Crippen molar-refractivity contribution in [2.24, 2.45) is 0 Å². The van der Waals surface area contributed by atoms with Crippen molar-refractivity contribution in [2.45, 2.75) is 52.0 Å². The Bertz CT molecular complexity index is 1070. The summed E-state index contributed by atoms with van der Waals surface area (Å²) in [7, 11) is 1.53. The molecule has 1 aliphatic rings. The van der Waals surface area contributed by atoms with Gasteiger partial charge < -0.3 is 19.9 Å². The molecule has 2 N–H and O–H groups in total. The van der Waals surface area contributed by atoms with Crippen molar-refractivity contribution >= 4 is 28.1 Å². The first-order chi connectivity index (χ1) is 14.5. The van der Waals surface area contributed by atoms with Crippen LogP contribution in [-0.4, -0.2) is 40.2 Å². The summed E-state index contributed by atoms with van der Waals surface area (Å²) in [5.41, 5.74) is 2.35. The smallest absolute Gasteiger partial charge is 0.350 e. The van der Waals surface area contributed by atoms with Crippen LogP contribution >= 0.6 is 11.3 Å². The zero-order valence-corrected chi connectivity index (χ0v) is 18.3. The van der Waals surface area contributed by atoms with Gasteiger partial charge in [-0.05, 0) is 44.9 Å². The molecule has 1 aromatic carbocycles. The second-order valence-corrected chi connectivity index (χ2v) is 8.51. The molecule has 0 saturated heterocycles. The maximum atomic E-state index is 12.4. The molecule has 160 valence electrons. The molecule has 0 amide bonds. The maximum absolute atomic E-state index is 12.4. The fourth-order valence-corrected chi connectivity index (χ4v) is 5.06. The number of aryl methyl sites for hydroxylation is 1. The van der Waals surface area contributed by atoms with Gasteiger partial charge in [0.05, 0.1) is 13.7 Å². The van der Waals surface area contributed by atoms with Crippen LogP contribution in [-0.2, 0) is 4.74 Å². The van der Waals surface area contributed by atoms with E-state index in [0.717, 1.165) is 40.6 Å². The number of phenolic OH excluding ortho intramolecular Hbond substituents is 1. The molecule has 3 aromatic rings. The third kappa shape index (κ3) is 3.71. The maximum Gasteiger partial charge on any atom is 0.350 e. The molecule has 0 radical (unpaired) electrons. The second-order valence-electron chi connectivity index (χ2n) is 7.53. The van der Waals surface area contributed by atoms with Gasteiger partial charge in [-0.25, -0.2) is 9.78 Å². The van der Waals surface area contributed by atoms with Crippen LogP contribution in [0, 0.1) is 6.92 Å². The standard InChI is InChI=1S/C22H27N3O4S/c1-4-29-21(27)19-13(2)25-20(23-15-8-6-5-7-9-15)18(24-22(25)30-19)14-10-11-17(28-3)16(26)12-14/h10-12,15,23,26H,4-9H2,1-3H3. The van der Waals surface area contributed by atoms with E-state index in [1.54, 1.807) is 19.1 Å². The Balaban J connectivity index is 1.83. The predicted molar refractivity (Wildman–Crippen MR) is 118 cm³/mol. The van der Waals surface area contributed by atoms with Crippen molar-refractivity contribution in [2.75, 3.05) is 19.0 Å². The average molecular weight is 430 g/mol. The Morgan fingerprint density at radius 2 is 2.10 bits per heavy atom. The third-order valence-electron chi connectivity index (χ3n) is 5.56. The molecular weight excluding hydrogens is 402 g/mol. The van der Waals surface area contributed by atoms with Crippen LogP contribution in [0.5, 0.6) is 11.5 Å². The summed E-state index contributed by atoms with van der Waals surface area (Å²) in [6.45, 7) is 4.05. The Hall–Kier alpha value is -2.74. The number of aromatic nitrogens is 2. The molecule has 7 nitrogen and oxygen atoms in total. The molecule has 0 atom stereocenters. The normalized spacial score (nSPS) is 14.8. The topological polar surface area (TPSA) is 85.1 Å². The molecule has 8 heteroatoms. The van der Waals surface area contributed by atoms with Gasteiger partial charge >= 0.3 is 5.97 Å². The summed E-state index contributed by atoms with van der Waals surface area (Å²) < 4.78 is 12.4. The highest BCUT2D eigenvalue weighted by molar-refractivity contribution is 7.19. The van der Waals surface area contributed by atoms with Gasteiger partial charge in [0.15, 0.2) is 16.5 Å². The van der Waals surface area contributed by atoms with Gasteiger partial charge in [-0.3, -0.25) is 4.40 Å². The van der Waals surface area contributed by atoms with E-state index in [-0.39, 0.29) is 11.7 Å². The van der Waals surface area contributed by atoms with Gasteiger partial charge in [0.1, 0.15) is 16.4 Å². The minimum Gasteiger partial charge on any atom is -0.504 e. The summed E-state index contributed by atoms with van der Waals surface area (Å²) in [5.74, 6) is 1.02. The molecule has 1 aliphatic carbocycles. The van der Waals surface area contributed by atoms with Crippen LogP contribution in [0.4, 0.5) is 5.82 Å². The van der Waals surface area contributed by atoms with Crippen molar-refractivity contribution in [3.8, 4) is 22.8 Å². The Morgan fingerprint density at radius 1 is 1.33 bits per heavy atom. The zero-order chi connectivity index (χ0) is 21.3. The first kappa shape index (κ1) is 20.5. The molecular formula is C22H27N3O4S. The molecule has 30 heavy (non-hydrogen) atoms. The number of thiazole rings is 1. The summed E-state index contributed by atoms with van der Waals surface area (Å²) in [5, 5.41) is 14.0. The zero-order valence-electron chi connectivity index (χ0n) is 17.5. The van der Waals surface area contributed by atoms with Crippen molar-refractivity contribution in [3.63, 3.8) is 0 Å². The third-order valence-corrected chi connectivity index (χ3v) is 6.69. The van der Waals surface area contributed by atoms with Crippen LogP contribution in [0.3, 0.4) is 0 Å². The monoisotopic (exact) mass is 429 g/mol. The van der Waals surface area contributed by atoms with Gasteiger partial charge in [-0.15, -0.1) is 0 Å². The van der Waals surface area contributed by atoms with E-state index < -0.39 is 0 Å². The molecule has 0 unspecified atom stereocenters. The number of fused-ring (bicyclic) bond motifs is 1. The molecule has 1 saturated carbocycles. The Morgan fingerprint density at radius 3 is 2.77 bits per heavy atom. The highest BCUT2D eigenvalue weighted by Gasteiger charge is 2.26. The number of methoxy groups -OCH3 is 1. The van der Waals surface area contributed by atoms with Crippen molar-refractivity contribution < 1.29 is 19.4 Å². The van der Waals surface area contributed by atoms with Gasteiger partial charge in [0.2, 0.25) is 0 Å². The minimum atomic E-state index is -0.322. The molecule has 2 heterocycles. The SMILES string of the molecule is CCOC(=O)c1sc2nc(-c3ccc(OC)c(O)c3)c(NC3CCCCC3)n2c1C. The minimum absolute atomic E-state index is 0.0684. The number of imidazole rings is 1. The fourth-order valence-electron chi connectivity index (χ4n) is 4.04. The van der Waals surface area contributed by atoms with E-state index >= 15 is 0 Å². The summed E-state index contributed by atoms with van der Waals surface area (Å²) in [4.78, 5) is 18.5. The first-order valence-electron chi connectivity index (χ1n) is 10.4.